The highest BCUT2D eigenvalue weighted by molar-refractivity contribution is 5.39. The topological polar surface area (TPSA) is 21.3 Å². The van der Waals surface area contributed by atoms with E-state index in [1.165, 1.54) is 17.5 Å². The minimum atomic E-state index is 0.467. The average Bonchev–Trinajstić information content (AvgIpc) is 2.65. The molecule has 0 spiro atoms. The zero-order valence-electron chi connectivity index (χ0n) is 9.71. The zero-order valence-corrected chi connectivity index (χ0v) is 9.71. The third-order valence-corrected chi connectivity index (χ3v) is 3.11. The van der Waals surface area contributed by atoms with Gasteiger partial charge in [-0.25, -0.2) is 0 Å². The molecule has 15 heavy (non-hydrogen) atoms. The summed E-state index contributed by atoms with van der Waals surface area (Å²) in [6.07, 6.45) is 1.21. The van der Waals surface area contributed by atoms with Crippen LogP contribution in [0.4, 0.5) is 0 Å². The van der Waals surface area contributed by atoms with Gasteiger partial charge < -0.3 is 10.1 Å². The lowest BCUT2D eigenvalue weighted by atomic mass is 9.99. The number of aryl methyl sites for hydroxylation is 1. The number of methoxy groups -OCH3 is 1. The van der Waals surface area contributed by atoms with Crippen LogP contribution in [0.25, 0.3) is 0 Å². The highest BCUT2D eigenvalue weighted by Crippen LogP contribution is 2.33. The Morgan fingerprint density at radius 3 is 2.80 bits per heavy atom. The van der Waals surface area contributed by atoms with Crippen LogP contribution in [-0.2, 0) is 0 Å². The molecule has 82 valence electrons. The molecule has 0 radical (unpaired) electrons. The predicted octanol–water partition coefficient (Wildman–Crippen LogP) is 2.67. The van der Waals surface area contributed by atoms with E-state index in [0.29, 0.717) is 6.04 Å². The maximum atomic E-state index is 5.41. The molecule has 1 heterocycles. The second-order valence-corrected chi connectivity index (χ2v) is 4.55. The van der Waals surface area contributed by atoms with Gasteiger partial charge in [0.1, 0.15) is 5.75 Å². The van der Waals surface area contributed by atoms with E-state index < -0.39 is 0 Å². The Kier molecular flexibility index (Phi) is 2.96. The first-order chi connectivity index (χ1) is 7.20. The fourth-order valence-electron chi connectivity index (χ4n) is 2.28. The number of rotatable bonds is 2. The molecule has 1 saturated heterocycles. The lowest BCUT2D eigenvalue weighted by Gasteiger charge is -2.15. The molecular formula is C13H19NO. The van der Waals surface area contributed by atoms with Crippen molar-refractivity contribution >= 4 is 0 Å². The van der Waals surface area contributed by atoms with E-state index in [9.17, 15) is 0 Å². The zero-order chi connectivity index (χ0) is 10.8. The molecule has 0 aliphatic carbocycles. The van der Waals surface area contributed by atoms with Crippen molar-refractivity contribution < 1.29 is 4.74 Å². The van der Waals surface area contributed by atoms with Gasteiger partial charge in [-0.05, 0) is 31.9 Å². The number of hydrogen-bond donors (Lipinski definition) is 1. The van der Waals surface area contributed by atoms with Crippen LogP contribution in [0, 0.1) is 12.8 Å². The summed E-state index contributed by atoms with van der Waals surface area (Å²) in [7, 11) is 1.74. The normalized spacial score (nSPS) is 25.5. The molecule has 0 saturated carbocycles. The van der Waals surface area contributed by atoms with Crippen LogP contribution in [-0.4, -0.2) is 13.7 Å². The maximum Gasteiger partial charge on any atom is 0.123 e. The van der Waals surface area contributed by atoms with Crippen molar-refractivity contribution in [3.63, 3.8) is 0 Å². The van der Waals surface area contributed by atoms with Gasteiger partial charge in [0.15, 0.2) is 0 Å². The monoisotopic (exact) mass is 205 g/mol. The second-order valence-electron chi connectivity index (χ2n) is 4.55. The smallest absolute Gasteiger partial charge is 0.123 e. The Hall–Kier alpha value is -1.02. The quantitative estimate of drug-likeness (QED) is 0.801. The molecule has 1 aromatic rings. The highest BCUT2D eigenvalue weighted by Gasteiger charge is 2.24. The maximum absolute atomic E-state index is 5.41. The van der Waals surface area contributed by atoms with Crippen molar-refractivity contribution in [3.05, 3.63) is 29.3 Å². The second kappa shape index (κ2) is 4.23. The van der Waals surface area contributed by atoms with E-state index >= 15 is 0 Å². The molecule has 2 heteroatoms. The first kappa shape index (κ1) is 10.5. The van der Waals surface area contributed by atoms with E-state index in [0.717, 1.165) is 18.2 Å². The first-order valence-corrected chi connectivity index (χ1v) is 5.58. The summed E-state index contributed by atoms with van der Waals surface area (Å²) < 4.78 is 5.41. The van der Waals surface area contributed by atoms with Crippen LogP contribution >= 0.6 is 0 Å². The highest BCUT2D eigenvalue weighted by atomic mass is 16.5. The van der Waals surface area contributed by atoms with Crippen LogP contribution in [0.3, 0.4) is 0 Å². The molecule has 2 nitrogen and oxygen atoms in total. The van der Waals surface area contributed by atoms with Gasteiger partial charge in [0, 0.05) is 11.6 Å². The fourth-order valence-corrected chi connectivity index (χ4v) is 2.28. The molecule has 0 amide bonds. The molecule has 1 N–H and O–H groups in total. The fraction of sp³-hybridized carbons (Fsp3) is 0.538. The van der Waals surface area contributed by atoms with Crippen LogP contribution in [0.2, 0.25) is 0 Å². The van der Waals surface area contributed by atoms with Gasteiger partial charge in [0.05, 0.1) is 7.11 Å². The Morgan fingerprint density at radius 2 is 2.20 bits per heavy atom. The van der Waals surface area contributed by atoms with Gasteiger partial charge in [0.25, 0.3) is 0 Å². The van der Waals surface area contributed by atoms with Gasteiger partial charge in [-0.3, -0.25) is 0 Å². The third-order valence-electron chi connectivity index (χ3n) is 3.11. The molecule has 0 aromatic heterocycles. The Bertz CT molecular complexity index is 348. The predicted molar refractivity (Wildman–Crippen MR) is 62.3 cm³/mol. The molecule has 1 aliphatic heterocycles. The molecule has 1 aliphatic rings. The first-order valence-electron chi connectivity index (χ1n) is 5.58. The van der Waals surface area contributed by atoms with Crippen molar-refractivity contribution in [1.82, 2.24) is 5.32 Å². The summed E-state index contributed by atoms with van der Waals surface area (Å²) in [5, 5.41) is 3.54. The Morgan fingerprint density at radius 1 is 1.40 bits per heavy atom. The summed E-state index contributed by atoms with van der Waals surface area (Å²) in [6.45, 7) is 5.53. The molecule has 0 bridgehead atoms. The van der Waals surface area contributed by atoms with Crippen molar-refractivity contribution in [2.45, 2.75) is 26.3 Å². The van der Waals surface area contributed by atoms with Gasteiger partial charge >= 0.3 is 0 Å². The van der Waals surface area contributed by atoms with E-state index in [1.807, 2.05) is 0 Å². The molecular weight excluding hydrogens is 186 g/mol. The summed E-state index contributed by atoms with van der Waals surface area (Å²) in [6, 6.07) is 6.86. The molecule has 2 atom stereocenters. The minimum absolute atomic E-state index is 0.467. The van der Waals surface area contributed by atoms with Crippen LogP contribution < -0.4 is 10.1 Å². The number of ether oxygens (including phenoxy) is 1. The molecule has 1 aromatic carbocycles. The summed E-state index contributed by atoms with van der Waals surface area (Å²) in [4.78, 5) is 0. The van der Waals surface area contributed by atoms with Crippen molar-refractivity contribution in [3.8, 4) is 5.75 Å². The lowest BCUT2D eigenvalue weighted by molar-refractivity contribution is 0.402. The summed E-state index contributed by atoms with van der Waals surface area (Å²) in [5.74, 6) is 1.77. The lowest BCUT2D eigenvalue weighted by Crippen LogP contribution is -2.14. The average molecular weight is 205 g/mol. The van der Waals surface area contributed by atoms with Crippen molar-refractivity contribution in [1.29, 1.82) is 0 Å². The van der Waals surface area contributed by atoms with Crippen LogP contribution in [0.1, 0.15) is 30.5 Å². The number of benzene rings is 1. The minimum Gasteiger partial charge on any atom is -0.496 e. The van der Waals surface area contributed by atoms with Gasteiger partial charge in [-0.15, -0.1) is 0 Å². The molecule has 2 rings (SSSR count). The van der Waals surface area contributed by atoms with E-state index in [-0.39, 0.29) is 0 Å². The Balaban J connectivity index is 2.29. The van der Waals surface area contributed by atoms with E-state index in [4.69, 9.17) is 4.74 Å². The molecule has 1 fully saturated rings. The Labute approximate surface area is 91.6 Å². The standard InChI is InChI=1S/C13H19NO/c1-9-4-5-13(15-3)11(6-9)12-7-10(2)8-14-12/h4-6,10,12,14H,7-8H2,1-3H3/t10-,12+/m0/s1. The van der Waals surface area contributed by atoms with Gasteiger partial charge in [-0.1, -0.05) is 24.6 Å². The van der Waals surface area contributed by atoms with E-state index in [2.05, 4.69) is 37.4 Å². The van der Waals surface area contributed by atoms with Gasteiger partial charge in [-0.2, -0.15) is 0 Å². The summed E-state index contributed by atoms with van der Waals surface area (Å²) >= 11 is 0. The van der Waals surface area contributed by atoms with Crippen molar-refractivity contribution in [2.75, 3.05) is 13.7 Å². The van der Waals surface area contributed by atoms with Crippen LogP contribution in [0.5, 0.6) is 5.75 Å². The van der Waals surface area contributed by atoms with Crippen molar-refractivity contribution in [2.24, 2.45) is 5.92 Å². The molecule has 0 unspecified atom stereocenters. The number of hydrogen-bond acceptors (Lipinski definition) is 2. The van der Waals surface area contributed by atoms with E-state index in [1.54, 1.807) is 7.11 Å². The number of nitrogens with one attached hydrogen (secondary N) is 1. The van der Waals surface area contributed by atoms with Crippen LogP contribution in [0.15, 0.2) is 18.2 Å². The SMILES string of the molecule is COc1ccc(C)cc1[C@H]1C[C@H](C)CN1. The van der Waals surface area contributed by atoms with Gasteiger partial charge in [0.2, 0.25) is 0 Å². The third kappa shape index (κ3) is 2.15. The largest absolute Gasteiger partial charge is 0.496 e. The summed E-state index contributed by atoms with van der Waals surface area (Å²) in [5.41, 5.74) is 2.61.